The van der Waals surface area contributed by atoms with Crippen molar-refractivity contribution in [2.75, 3.05) is 33.3 Å². The Morgan fingerprint density at radius 3 is 2.00 bits per heavy atom. The van der Waals surface area contributed by atoms with Crippen molar-refractivity contribution >= 4 is 22.5 Å². The minimum atomic E-state index is -4.67. The summed E-state index contributed by atoms with van der Waals surface area (Å²) in [5, 5.41) is -0.169. The molecule has 0 atom stereocenters. The van der Waals surface area contributed by atoms with Crippen molar-refractivity contribution in [3.63, 3.8) is 0 Å². The maximum absolute atomic E-state index is 13.7. The molecule has 0 spiro atoms. The van der Waals surface area contributed by atoms with Gasteiger partial charge in [-0.2, -0.15) is 13.2 Å². The molecule has 0 saturated heterocycles. The zero-order valence-corrected chi connectivity index (χ0v) is 15.7. The number of alkyl halides is 3. The Kier molecular flexibility index (Phi) is 5.17. The highest BCUT2D eigenvalue weighted by Crippen LogP contribution is 2.39. The zero-order chi connectivity index (χ0) is 20.5. The first kappa shape index (κ1) is 19.5. The lowest BCUT2D eigenvalue weighted by atomic mass is 10.1. The second kappa shape index (κ2) is 7.41. The van der Waals surface area contributed by atoms with Crippen LogP contribution in [0.5, 0.6) is 17.2 Å². The predicted molar refractivity (Wildman–Crippen MR) is 98.7 cm³/mol. The molecule has 1 heterocycles. The lowest BCUT2D eigenvalue weighted by Crippen LogP contribution is -2.17. The largest absolute Gasteiger partial charge is 0.497 e. The van der Waals surface area contributed by atoms with Crippen LogP contribution in [-0.4, -0.2) is 38.3 Å². The van der Waals surface area contributed by atoms with Crippen LogP contribution in [0.4, 0.5) is 24.8 Å². The summed E-state index contributed by atoms with van der Waals surface area (Å²) in [5.74, 6) is 0.974. The van der Waals surface area contributed by atoms with Gasteiger partial charge in [-0.15, -0.1) is 0 Å². The second-order valence-electron chi connectivity index (χ2n) is 5.85. The molecule has 0 saturated carbocycles. The SMILES string of the molecule is COc1ccc(N(C)c2nc(C(F)(F)F)c3cc(OC)c(OC)cc3n2)cc1. The van der Waals surface area contributed by atoms with Crippen LogP contribution in [0.2, 0.25) is 0 Å². The van der Waals surface area contributed by atoms with Crippen molar-refractivity contribution in [3.8, 4) is 17.2 Å². The number of anilines is 2. The van der Waals surface area contributed by atoms with Gasteiger partial charge in [-0.1, -0.05) is 0 Å². The molecule has 2 aromatic carbocycles. The third-order valence-corrected chi connectivity index (χ3v) is 4.22. The summed E-state index contributed by atoms with van der Waals surface area (Å²) in [4.78, 5) is 9.55. The number of benzene rings is 2. The van der Waals surface area contributed by atoms with Crippen LogP contribution < -0.4 is 19.1 Å². The number of aromatic nitrogens is 2. The van der Waals surface area contributed by atoms with Gasteiger partial charge < -0.3 is 19.1 Å². The number of nitrogens with zero attached hydrogens (tertiary/aromatic N) is 3. The molecule has 3 aromatic rings. The van der Waals surface area contributed by atoms with E-state index in [1.807, 2.05) is 0 Å². The maximum atomic E-state index is 13.7. The molecule has 0 aliphatic carbocycles. The molecule has 9 heteroatoms. The number of fused-ring (bicyclic) bond motifs is 1. The van der Waals surface area contributed by atoms with E-state index in [2.05, 4.69) is 9.97 Å². The molecule has 6 nitrogen and oxygen atoms in total. The number of methoxy groups -OCH3 is 3. The molecule has 0 aliphatic heterocycles. The van der Waals surface area contributed by atoms with Crippen molar-refractivity contribution < 1.29 is 27.4 Å². The summed E-state index contributed by atoms with van der Waals surface area (Å²) in [6, 6.07) is 9.43. The Balaban J connectivity index is 2.19. The summed E-state index contributed by atoms with van der Waals surface area (Å²) in [7, 11) is 5.87. The highest BCUT2D eigenvalue weighted by atomic mass is 19.4. The number of hydrogen-bond acceptors (Lipinski definition) is 6. The molecule has 0 N–H and O–H groups in total. The van der Waals surface area contributed by atoms with Crippen LogP contribution in [0.3, 0.4) is 0 Å². The topological polar surface area (TPSA) is 56.7 Å². The summed E-state index contributed by atoms with van der Waals surface area (Å²) >= 11 is 0. The van der Waals surface area contributed by atoms with E-state index < -0.39 is 11.9 Å². The molecular weight excluding hydrogens is 375 g/mol. The van der Waals surface area contributed by atoms with Gasteiger partial charge in [0.1, 0.15) is 5.75 Å². The first-order valence-electron chi connectivity index (χ1n) is 8.17. The molecule has 0 unspecified atom stereocenters. The minimum absolute atomic E-state index is 0.0929. The van der Waals surface area contributed by atoms with Crippen LogP contribution in [0.15, 0.2) is 36.4 Å². The quantitative estimate of drug-likeness (QED) is 0.639. The van der Waals surface area contributed by atoms with E-state index in [1.165, 1.54) is 38.4 Å². The Morgan fingerprint density at radius 1 is 0.857 bits per heavy atom. The van der Waals surface area contributed by atoms with Gasteiger partial charge in [-0.3, -0.25) is 0 Å². The first-order valence-corrected chi connectivity index (χ1v) is 8.17. The van der Waals surface area contributed by atoms with E-state index in [0.29, 0.717) is 11.4 Å². The number of rotatable bonds is 5. The van der Waals surface area contributed by atoms with Crippen LogP contribution in [0, 0.1) is 0 Å². The lowest BCUT2D eigenvalue weighted by molar-refractivity contribution is -0.139. The third kappa shape index (κ3) is 3.60. The zero-order valence-electron chi connectivity index (χ0n) is 15.7. The Bertz CT molecular complexity index is 992. The van der Waals surface area contributed by atoms with Crippen LogP contribution >= 0.6 is 0 Å². The van der Waals surface area contributed by atoms with Gasteiger partial charge in [0.15, 0.2) is 17.2 Å². The second-order valence-corrected chi connectivity index (χ2v) is 5.85. The summed E-state index contributed by atoms with van der Waals surface area (Å²) in [6.45, 7) is 0. The monoisotopic (exact) mass is 393 g/mol. The molecule has 0 bridgehead atoms. The minimum Gasteiger partial charge on any atom is -0.497 e. The summed E-state index contributed by atoms with van der Waals surface area (Å²) in [6.07, 6.45) is -4.67. The molecule has 0 amide bonds. The standard InChI is InChI=1S/C19H18F3N3O3/c1-25(11-5-7-12(26-2)8-6-11)18-23-14-10-16(28-4)15(27-3)9-13(14)17(24-18)19(20,21)22/h5-10H,1-4H3. The fourth-order valence-corrected chi connectivity index (χ4v) is 2.73. The maximum Gasteiger partial charge on any atom is 0.434 e. The third-order valence-electron chi connectivity index (χ3n) is 4.22. The molecule has 0 fully saturated rings. The van der Waals surface area contributed by atoms with Crippen molar-refractivity contribution in [2.24, 2.45) is 0 Å². The molecule has 148 valence electrons. The van der Waals surface area contributed by atoms with Gasteiger partial charge in [0.2, 0.25) is 5.95 Å². The van der Waals surface area contributed by atoms with Gasteiger partial charge in [0.05, 0.1) is 26.8 Å². The number of hydrogen-bond donors (Lipinski definition) is 0. The van der Waals surface area contributed by atoms with E-state index in [-0.39, 0.29) is 28.4 Å². The van der Waals surface area contributed by atoms with Crippen LogP contribution in [-0.2, 0) is 6.18 Å². The first-order chi connectivity index (χ1) is 13.3. The highest BCUT2D eigenvalue weighted by Gasteiger charge is 2.36. The van der Waals surface area contributed by atoms with Gasteiger partial charge in [0, 0.05) is 24.2 Å². The van der Waals surface area contributed by atoms with Gasteiger partial charge >= 0.3 is 6.18 Å². The molecule has 3 rings (SSSR count). The smallest absolute Gasteiger partial charge is 0.434 e. The van der Waals surface area contributed by atoms with Crippen molar-refractivity contribution in [3.05, 3.63) is 42.1 Å². The van der Waals surface area contributed by atoms with Crippen molar-refractivity contribution in [1.82, 2.24) is 9.97 Å². The van der Waals surface area contributed by atoms with Crippen molar-refractivity contribution in [2.45, 2.75) is 6.18 Å². The van der Waals surface area contributed by atoms with E-state index in [9.17, 15) is 13.2 Å². The van der Waals surface area contributed by atoms with Gasteiger partial charge in [0.25, 0.3) is 0 Å². The fraction of sp³-hybridized carbons (Fsp3) is 0.263. The average Bonchev–Trinajstić information content (AvgIpc) is 2.70. The number of halogens is 3. The van der Waals surface area contributed by atoms with E-state index in [4.69, 9.17) is 14.2 Å². The van der Waals surface area contributed by atoms with Gasteiger partial charge in [-0.25, -0.2) is 9.97 Å². The molecule has 1 aromatic heterocycles. The summed E-state index contributed by atoms with van der Waals surface area (Å²) in [5.41, 5.74) is -0.349. The Hall–Kier alpha value is -3.23. The highest BCUT2D eigenvalue weighted by molar-refractivity contribution is 5.86. The van der Waals surface area contributed by atoms with Gasteiger partial charge in [-0.05, 0) is 30.3 Å². The van der Waals surface area contributed by atoms with Crippen LogP contribution in [0.1, 0.15) is 5.69 Å². The molecule has 28 heavy (non-hydrogen) atoms. The predicted octanol–water partition coefficient (Wildman–Crippen LogP) is 4.44. The molecule has 0 aliphatic rings. The Labute approximate surface area is 159 Å². The molecule has 0 radical (unpaired) electrons. The van der Waals surface area contributed by atoms with E-state index in [1.54, 1.807) is 31.3 Å². The lowest BCUT2D eigenvalue weighted by Gasteiger charge is -2.20. The normalized spacial score (nSPS) is 11.4. The molecular formula is C19H18F3N3O3. The fourth-order valence-electron chi connectivity index (χ4n) is 2.73. The number of ether oxygens (including phenoxy) is 3. The van der Waals surface area contributed by atoms with Crippen molar-refractivity contribution in [1.29, 1.82) is 0 Å². The Morgan fingerprint density at radius 2 is 1.46 bits per heavy atom. The average molecular weight is 393 g/mol. The van der Waals surface area contributed by atoms with E-state index >= 15 is 0 Å². The van der Waals surface area contributed by atoms with Crippen LogP contribution in [0.25, 0.3) is 10.9 Å². The summed E-state index contributed by atoms with van der Waals surface area (Å²) < 4.78 is 56.4. The van der Waals surface area contributed by atoms with E-state index in [0.717, 1.165) is 0 Å².